The molecule has 4 aromatic rings. The second kappa shape index (κ2) is 10.3. The standard InChI is InChI=1S/C31H29BrN4O4S/c32-22-3-8-30-20(15-22)9-12-36(30)41(38,39)25-5-7-29-26(19-25)27(31(37)34-29)18-23-16-21-17-24(4-6-28(21)33-23)40-14-13-35-10-1-2-11-35/h3-8,15-19,33H,1-2,9-14H2,(H,34,37)/b27-18+. The molecule has 41 heavy (non-hydrogen) atoms. The number of nitrogens with one attached hydrogen (secondary N) is 2. The highest BCUT2D eigenvalue weighted by molar-refractivity contribution is 9.10. The van der Waals surface area contributed by atoms with Gasteiger partial charge in [0.05, 0.1) is 16.2 Å². The van der Waals surface area contributed by atoms with Crippen molar-refractivity contribution in [2.24, 2.45) is 0 Å². The maximum Gasteiger partial charge on any atom is 0.264 e. The van der Waals surface area contributed by atoms with Crippen molar-refractivity contribution in [2.75, 3.05) is 42.4 Å². The third-order valence-corrected chi connectivity index (χ3v) is 10.3. The number of aromatic nitrogens is 1. The minimum atomic E-state index is -3.81. The number of fused-ring (bicyclic) bond motifs is 3. The average Bonchev–Trinajstić information content (AvgIpc) is 3.75. The zero-order valence-corrected chi connectivity index (χ0v) is 24.7. The monoisotopic (exact) mass is 632 g/mol. The molecule has 8 nitrogen and oxygen atoms in total. The molecule has 1 aromatic heterocycles. The van der Waals surface area contributed by atoms with Crippen molar-refractivity contribution in [3.05, 3.63) is 82.0 Å². The molecular weight excluding hydrogens is 604 g/mol. The van der Waals surface area contributed by atoms with E-state index in [0.29, 0.717) is 42.1 Å². The van der Waals surface area contributed by atoms with Gasteiger partial charge >= 0.3 is 0 Å². The molecule has 10 heteroatoms. The number of nitrogens with zero attached hydrogens (tertiary/aromatic N) is 2. The summed E-state index contributed by atoms with van der Waals surface area (Å²) in [7, 11) is -3.81. The molecule has 7 rings (SSSR count). The molecule has 3 aromatic carbocycles. The summed E-state index contributed by atoms with van der Waals surface area (Å²) in [6, 6.07) is 18.3. The van der Waals surface area contributed by atoms with Crippen LogP contribution in [-0.4, -0.2) is 57.0 Å². The minimum Gasteiger partial charge on any atom is -0.492 e. The van der Waals surface area contributed by atoms with Crippen LogP contribution < -0.4 is 14.4 Å². The number of amides is 1. The van der Waals surface area contributed by atoms with Crippen LogP contribution >= 0.6 is 15.9 Å². The lowest BCUT2D eigenvalue weighted by atomic mass is 10.1. The number of hydrogen-bond acceptors (Lipinski definition) is 5. The second-order valence-corrected chi connectivity index (χ2v) is 13.5. The van der Waals surface area contributed by atoms with E-state index in [1.165, 1.54) is 17.1 Å². The van der Waals surface area contributed by atoms with E-state index >= 15 is 0 Å². The van der Waals surface area contributed by atoms with Crippen LogP contribution in [0.25, 0.3) is 22.6 Å². The Morgan fingerprint density at radius 2 is 1.83 bits per heavy atom. The number of likely N-dealkylation sites (tertiary alicyclic amines) is 1. The quantitative estimate of drug-likeness (QED) is 0.257. The van der Waals surface area contributed by atoms with E-state index in [-0.39, 0.29) is 10.8 Å². The van der Waals surface area contributed by atoms with Gasteiger partial charge in [-0.1, -0.05) is 15.9 Å². The molecule has 3 aliphatic rings. The summed E-state index contributed by atoms with van der Waals surface area (Å²) < 4.78 is 35.8. The van der Waals surface area contributed by atoms with E-state index in [2.05, 4.69) is 31.1 Å². The van der Waals surface area contributed by atoms with Crippen LogP contribution in [0.3, 0.4) is 0 Å². The molecule has 1 fully saturated rings. The molecule has 3 aliphatic heterocycles. The Hall–Kier alpha value is -3.60. The lowest BCUT2D eigenvalue weighted by molar-refractivity contribution is -0.110. The number of carbonyl (C=O) groups excluding carboxylic acids is 1. The molecule has 1 saturated heterocycles. The van der Waals surface area contributed by atoms with Crippen LogP contribution in [-0.2, 0) is 21.2 Å². The Morgan fingerprint density at radius 1 is 0.976 bits per heavy atom. The lowest BCUT2D eigenvalue weighted by Crippen LogP contribution is -2.29. The fourth-order valence-corrected chi connectivity index (χ4v) is 7.88. The molecule has 1 amide bonds. The Morgan fingerprint density at radius 3 is 2.68 bits per heavy atom. The number of rotatable bonds is 7. The summed E-state index contributed by atoms with van der Waals surface area (Å²) >= 11 is 3.47. The largest absolute Gasteiger partial charge is 0.492 e. The number of hydrogen-bond donors (Lipinski definition) is 2. The van der Waals surface area contributed by atoms with Gasteiger partial charge < -0.3 is 15.0 Å². The summed E-state index contributed by atoms with van der Waals surface area (Å²) in [6.45, 7) is 4.25. The lowest BCUT2D eigenvalue weighted by Gasteiger charge is -2.20. The smallest absolute Gasteiger partial charge is 0.264 e. The van der Waals surface area contributed by atoms with Crippen LogP contribution in [0.2, 0.25) is 0 Å². The molecule has 210 valence electrons. The Kier molecular flexibility index (Phi) is 6.64. The fourth-order valence-electron chi connectivity index (χ4n) is 5.94. The second-order valence-electron chi connectivity index (χ2n) is 10.7. The van der Waals surface area contributed by atoms with Gasteiger partial charge in [-0.05, 0) is 105 Å². The van der Waals surface area contributed by atoms with Crippen molar-refractivity contribution in [3.63, 3.8) is 0 Å². The van der Waals surface area contributed by atoms with Gasteiger partial charge in [-0.3, -0.25) is 14.0 Å². The first-order valence-electron chi connectivity index (χ1n) is 13.8. The number of ether oxygens (including phenoxy) is 1. The first-order valence-corrected chi connectivity index (χ1v) is 16.0. The molecular formula is C31H29BrN4O4S. The molecule has 0 bridgehead atoms. The van der Waals surface area contributed by atoms with Crippen LogP contribution in [0.1, 0.15) is 29.7 Å². The van der Waals surface area contributed by atoms with Crippen LogP contribution in [0.5, 0.6) is 5.75 Å². The van der Waals surface area contributed by atoms with E-state index in [0.717, 1.165) is 52.0 Å². The van der Waals surface area contributed by atoms with Gasteiger partial charge in [-0.25, -0.2) is 8.42 Å². The Balaban J connectivity index is 1.15. The van der Waals surface area contributed by atoms with Crippen molar-refractivity contribution in [3.8, 4) is 5.75 Å². The van der Waals surface area contributed by atoms with Crippen LogP contribution in [0.4, 0.5) is 11.4 Å². The number of benzene rings is 3. The van der Waals surface area contributed by atoms with Crippen molar-refractivity contribution < 1.29 is 17.9 Å². The molecule has 0 radical (unpaired) electrons. The molecule has 0 atom stereocenters. The highest BCUT2D eigenvalue weighted by Crippen LogP contribution is 2.39. The third-order valence-electron chi connectivity index (χ3n) is 8.04. The van der Waals surface area contributed by atoms with E-state index < -0.39 is 10.0 Å². The van der Waals surface area contributed by atoms with E-state index in [1.807, 2.05) is 42.5 Å². The topological polar surface area (TPSA) is 94.7 Å². The van der Waals surface area contributed by atoms with Gasteiger partial charge in [0.2, 0.25) is 0 Å². The molecule has 0 saturated carbocycles. The highest BCUT2D eigenvalue weighted by Gasteiger charge is 2.33. The minimum absolute atomic E-state index is 0.154. The van der Waals surface area contributed by atoms with Crippen molar-refractivity contribution in [1.82, 2.24) is 9.88 Å². The number of anilines is 2. The zero-order chi connectivity index (χ0) is 28.1. The first kappa shape index (κ1) is 26.3. The number of H-pyrrole nitrogens is 1. The van der Waals surface area contributed by atoms with Crippen molar-refractivity contribution in [2.45, 2.75) is 24.2 Å². The summed E-state index contributed by atoms with van der Waals surface area (Å²) in [5.41, 5.74) is 4.93. The zero-order valence-electron chi connectivity index (χ0n) is 22.3. The maximum atomic E-state index is 13.7. The molecule has 0 aliphatic carbocycles. The van der Waals surface area contributed by atoms with Gasteiger partial charge in [-0.15, -0.1) is 0 Å². The molecule has 4 heterocycles. The van der Waals surface area contributed by atoms with Gasteiger partial charge in [0.15, 0.2) is 0 Å². The normalized spacial score (nSPS) is 17.8. The number of aromatic amines is 1. The predicted molar refractivity (Wildman–Crippen MR) is 165 cm³/mol. The van der Waals surface area contributed by atoms with E-state index in [1.54, 1.807) is 24.3 Å². The Bertz CT molecular complexity index is 1830. The van der Waals surface area contributed by atoms with Gasteiger partial charge in [0.1, 0.15) is 12.4 Å². The summed E-state index contributed by atoms with van der Waals surface area (Å²) in [5.74, 6) is 0.542. The number of carbonyl (C=O) groups is 1. The first-order chi connectivity index (χ1) is 19.8. The summed E-state index contributed by atoms with van der Waals surface area (Å²) in [6.07, 6.45) is 4.95. The molecule has 2 N–H and O–H groups in total. The number of sulfonamides is 1. The van der Waals surface area contributed by atoms with Crippen molar-refractivity contribution >= 4 is 65.8 Å². The van der Waals surface area contributed by atoms with Gasteiger partial charge in [0, 0.05) is 45.4 Å². The SMILES string of the molecule is O=C1Nc2ccc(S(=O)(=O)N3CCc4cc(Br)ccc43)cc2/C1=C\c1cc2cc(OCCN3CCCC3)ccc2[nH]1. The number of halogens is 1. The fraction of sp³-hybridized carbons (Fsp3) is 0.258. The molecule has 0 unspecified atom stereocenters. The molecule has 0 spiro atoms. The van der Waals surface area contributed by atoms with E-state index in [4.69, 9.17) is 4.74 Å². The summed E-state index contributed by atoms with van der Waals surface area (Å²) in [4.78, 5) is 18.9. The van der Waals surface area contributed by atoms with E-state index in [9.17, 15) is 13.2 Å². The summed E-state index contributed by atoms with van der Waals surface area (Å²) in [5, 5.41) is 3.84. The van der Waals surface area contributed by atoms with Crippen LogP contribution in [0.15, 0.2) is 70.0 Å². The highest BCUT2D eigenvalue weighted by atomic mass is 79.9. The maximum absolute atomic E-state index is 13.7. The van der Waals surface area contributed by atoms with Crippen LogP contribution in [0, 0.1) is 0 Å². The van der Waals surface area contributed by atoms with Gasteiger partial charge in [0.25, 0.3) is 15.9 Å². The average molecular weight is 634 g/mol. The third kappa shape index (κ3) is 4.94. The van der Waals surface area contributed by atoms with Crippen molar-refractivity contribution in [1.29, 1.82) is 0 Å². The predicted octanol–water partition coefficient (Wildman–Crippen LogP) is 5.65. The Labute approximate surface area is 247 Å². The van der Waals surface area contributed by atoms with Gasteiger partial charge in [-0.2, -0.15) is 0 Å².